The van der Waals surface area contributed by atoms with Crippen molar-refractivity contribution in [3.05, 3.63) is 35.9 Å². The van der Waals surface area contributed by atoms with Gasteiger partial charge in [-0.3, -0.25) is 4.57 Å². The first-order valence-electron chi connectivity index (χ1n) is 9.28. The Bertz CT molecular complexity index is 924. The summed E-state index contributed by atoms with van der Waals surface area (Å²) in [5, 5.41) is 0. The fourth-order valence-electron chi connectivity index (χ4n) is 3.19. The molecule has 3 aromatic rings. The van der Waals surface area contributed by atoms with E-state index in [1.165, 1.54) is 0 Å². The largest absolute Gasteiger partial charge is 0.461 e. The molecule has 0 aliphatic carbocycles. The van der Waals surface area contributed by atoms with Crippen LogP contribution in [0.4, 0.5) is 11.8 Å². The number of ether oxygens (including phenoxy) is 3. The fraction of sp³-hybridized carbons (Fsp3) is 0.421. The van der Waals surface area contributed by atoms with Crippen molar-refractivity contribution in [1.82, 2.24) is 19.5 Å². The van der Waals surface area contributed by atoms with Crippen molar-refractivity contribution in [2.24, 2.45) is 0 Å². The third kappa shape index (κ3) is 3.85. The zero-order valence-corrected chi connectivity index (χ0v) is 15.9. The van der Waals surface area contributed by atoms with Crippen molar-refractivity contribution >= 4 is 22.9 Å². The number of morpholine rings is 1. The summed E-state index contributed by atoms with van der Waals surface area (Å²) in [6, 6.07) is 10.4. The predicted octanol–water partition coefficient (Wildman–Crippen LogP) is 1.32. The van der Waals surface area contributed by atoms with E-state index in [9.17, 15) is 0 Å². The third-order valence-corrected chi connectivity index (χ3v) is 4.58. The lowest BCUT2D eigenvalue weighted by Crippen LogP contribution is -2.38. The molecule has 0 radical (unpaired) electrons. The van der Waals surface area contributed by atoms with Crippen LogP contribution >= 0.6 is 0 Å². The van der Waals surface area contributed by atoms with Crippen molar-refractivity contribution in [3.8, 4) is 6.01 Å². The molecule has 0 spiro atoms. The van der Waals surface area contributed by atoms with Gasteiger partial charge in [0.1, 0.15) is 6.61 Å². The van der Waals surface area contributed by atoms with E-state index in [0.29, 0.717) is 50.0 Å². The maximum Gasteiger partial charge on any atom is 0.320 e. The molecule has 4 rings (SSSR count). The molecule has 0 saturated carbocycles. The van der Waals surface area contributed by atoms with Crippen LogP contribution in [0, 0.1) is 0 Å². The van der Waals surface area contributed by atoms with Gasteiger partial charge >= 0.3 is 6.01 Å². The highest BCUT2D eigenvalue weighted by atomic mass is 16.5. The van der Waals surface area contributed by atoms with Crippen molar-refractivity contribution in [2.45, 2.75) is 6.54 Å². The van der Waals surface area contributed by atoms with Gasteiger partial charge in [0.2, 0.25) is 5.95 Å². The summed E-state index contributed by atoms with van der Waals surface area (Å²) >= 11 is 0. The summed E-state index contributed by atoms with van der Waals surface area (Å²) in [7, 11) is 1.62. The van der Waals surface area contributed by atoms with Gasteiger partial charge in [0.25, 0.3) is 0 Å². The normalized spacial score (nSPS) is 14.5. The summed E-state index contributed by atoms with van der Waals surface area (Å²) < 4.78 is 18.2. The highest BCUT2D eigenvalue weighted by molar-refractivity contribution is 5.84. The van der Waals surface area contributed by atoms with Gasteiger partial charge in [-0.25, -0.2) is 4.98 Å². The number of aromatic nitrogens is 4. The minimum atomic E-state index is 0.227. The Balaban J connectivity index is 1.77. The van der Waals surface area contributed by atoms with Crippen LogP contribution < -0.4 is 15.4 Å². The molecule has 0 amide bonds. The van der Waals surface area contributed by atoms with E-state index in [1.807, 2.05) is 18.2 Å². The van der Waals surface area contributed by atoms with Crippen LogP contribution in [0.25, 0.3) is 11.2 Å². The summed E-state index contributed by atoms with van der Waals surface area (Å²) in [6.45, 7) is 4.29. The molecule has 1 fully saturated rings. The predicted molar refractivity (Wildman–Crippen MR) is 106 cm³/mol. The van der Waals surface area contributed by atoms with E-state index in [1.54, 1.807) is 7.11 Å². The first-order chi connectivity index (χ1) is 13.8. The van der Waals surface area contributed by atoms with Gasteiger partial charge in [-0.05, 0) is 5.56 Å². The molecule has 2 aromatic heterocycles. The number of nitrogens with zero attached hydrogens (tertiary/aromatic N) is 5. The highest BCUT2D eigenvalue weighted by Gasteiger charge is 2.23. The van der Waals surface area contributed by atoms with Crippen LogP contribution in [0.2, 0.25) is 0 Å². The molecule has 0 atom stereocenters. The summed E-state index contributed by atoms with van der Waals surface area (Å²) in [5.41, 5.74) is 8.57. The number of fused-ring (bicyclic) bond motifs is 1. The Labute approximate surface area is 163 Å². The molecule has 1 aromatic carbocycles. The van der Waals surface area contributed by atoms with Crippen LogP contribution in [-0.4, -0.2) is 66.1 Å². The number of hydrogen-bond acceptors (Lipinski definition) is 8. The van der Waals surface area contributed by atoms with Crippen molar-refractivity contribution in [2.75, 3.05) is 57.3 Å². The average Bonchev–Trinajstić information content (AvgIpc) is 3.09. The van der Waals surface area contributed by atoms with Crippen LogP contribution in [-0.2, 0) is 16.0 Å². The number of hydrogen-bond donors (Lipinski definition) is 1. The van der Waals surface area contributed by atoms with Gasteiger partial charge in [0, 0.05) is 20.2 Å². The number of methoxy groups -OCH3 is 1. The second-order valence-corrected chi connectivity index (χ2v) is 6.49. The molecular weight excluding hydrogens is 360 g/mol. The van der Waals surface area contributed by atoms with E-state index in [0.717, 1.165) is 24.6 Å². The van der Waals surface area contributed by atoms with Crippen LogP contribution in [0.1, 0.15) is 5.56 Å². The van der Waals surface area contributed by atoms with E-state index < -0.39 is 0 Å². The molecule has 1 saturated heterocycles. The number of benzene rings is 1. The van der Waals surface area contributed by atoms with E-state index in [4.69, 9.17) is 24.9 Å². The van der Waals surface area contributed by atoms with E-state index in [-0.39, 0.29) is 6.01 Å². The van der Waals surface area contributed by atoms with Crippen LogP contribution in [0.15, 0.2) is 30.3 Å². The fourth-order valence-corrected chi connectivity index (χ4v) is 3.19. The van der Waals surface area contributed by atoms with Crippen LogP contribution in [0.5, 0.6) is 6.01 Å². The first-order valence-corrected chi connectivity index (χ1v) is 9.28. The molecule has 2 N–H and O–H groups in total. The summed E-state index contributed by atoms with van der Waals surface area (Å²) in [6.07, 6.45) is 0. The second kappa shape index (κ2) is 8.41. The topological polar surface area (TPSA) is 101 Å². The monoisotopic (exact) mass is 384 g/mol. The number of rotatable bonds is 7. The first kappa shape index (κ1) is 18.5. The van der Waals surface area contributed by atoms with E-state index in [2.05, 4.69) is 31.6 Å². The lowest BCUT2D eigenvalue weighted by atomic mass is 10.2. The average molecular weight is 384 g/mol. The maximum atomic E-state index is 6.19. The number of nitrogens with two attached hydrogens (primary N) is 1. The molecule has 0 bridgehead atoms. The molecule has 9 nitrogen and oxygen atoms in total. The van der Waals surface area contributed by atoms with Crippen molar-refractivity contribution < 1.29 is 14.2 Å². The minimum absolute atomic E-state index is 0.227. The lowest BCUT2D eigenvalue weighted by Gasteiger charge is -2.28. The van der Waals surface area contributed by atoms with Crippen molar-refractivity contribution in [3.63, 3.8) is 0 Å². The molecule has 28 heavy (non-hydrogen) atoms. The number of nitrogen functional groups attached to an aromatic ring is 1. The van der Waals surface area contributed by atoms with Gasteiger partial charge in [-0.15, -0.1) is 0 Å². The van der Waals surface area contributed by atoms with Gasteiger partial charge in [0.15, 0.2) is 17.0 Å². The molecule has 1 aliphatic heterocycles. The second-order valence-electron chi connectivity index (χ2n) is 6.49. The zero-order valence-electron chi connectivity index (χ0n) is 15.9. The minimum Gasteiger partial charge on any atom is -0.461 e. The maximum absolute atomic E-state index is 6.19. The molecule has 148 valence electrons. The van der Waals surface area contributed by atoms with Gasteiger partial charge < -0.3 is 24.8 Å². The molecule has 9 heteroatoms. The molecular formula is C19H24N6O3. The van der Waals surface area contributed by atoms with Crippen molar-refractivity contribution in [1.29, 1.82) is 0 Å². The SMILES string of the molecule is COCCOc1nc(N)c2nc(N3CCOCC3)n(Cc3ccccc3)c2n1. The Kier molecular flexibility index (Phi) is 5.54. The summed E-state index contributed by atoms with van der Waals surface area (Å²) in [4.78, 5) is 15.8. The third-order valence-electron chi connectivity index (χ3n) is 4.58. The quantitative estimate of drug-likeness (QED) is 0.609. The highest BCUT2D eigenvalue weighted by Crippen LogP contribution is 2.27. The smallest absolute Gasteiger partial charge is 0.320 e. The van der Waals surface area contributed by atoms with Gasteiger partial charge in [-0.1, -0.05) is 30.3 Å². The zero-order chi connectivity index (χ0) is 19.3. The molecule has 1 aliphatic rings. The number of imidazole rings is 1. The Hall–Kier alpha value is -2.91. The molecule has 0 unspecified atom stereocenters. The van der Waals surface area contributed by atoms with Crippen LogP contribution in [0.3, 0.4) is 0 Å². The molecule has 3 heterocycles. The Morgan fingerprint density at radius 3 is 2.61 bits per heavy atom. The number of anilines is 2. The Morgan fingerprint density at radius 2 is 1.86 bits per heavy atom. The van der Waals surface area contributed by atoms with Gasteiger partial charge in [0.05, 0.1) is 26.4 Å². The summed E-state index contributed by atoms with van der Waals surface area (Å²) in [5.74, 6) is 1.12. The Morgan fingerprint density at radius 1 is 1.07 bits per heavy atom. The lowest BCUT2D eigenvalue weighted by molar-refractivity contribution is 0.121. The van der Waals surface area contributed by atoms with E-state index >= 15 is 0 Å². The van der Waals surface area contributed by atoms with Gasteiger partial charge in [-0.2, -0.15) is 9.97 Å². The standard InChI is InChI=1S/C19H24N6O3/c1-26-11-12-28-18-22-16(20)15-17(23-18)25(13-14-5-3-2-4-6-14)19(21-15)24-7-9-27-10-8-24/h2-6H,7-13H2,1H3,(H2,20,22,23).